The molecule has 2 aliphatic rings. The minimum absolute atomic E-state index is 0.124. The molecule has 2 nitrogen and oxygen atoms in total. The monoisotopic (exact) mass is 285 g/mol. The molecule has 1 aliphatic heterocycles. The first kappa shape index (κ1) is 12.7. The van der Waals surface area contributed by atoms with Gasteiger partial charge in [0.05, 0.1) is 6.10 Å². The van der Waals surface area contributed by atoms with Gasteiger partial charge in [0.25, 0.3) is 0 Å². The molecule has 0 bridgehead atoms. The summed E-state index contributed by atoms with van der Waals surface area (Å²) in [7, 11) is 0. The molecule has 1 heterocycles. The number of halogens is 2. The highest BCUT2D eigenvalue weighted by Crippen LogP contribution is 2.39. The summed E-state index contributed by atoms with van der Waals surface area (Å²) in [5, 5.41) is 15.2. The van der Waals surface area contributed by atoms with Crippen molar-refractivity contribution in [3.8, 4) is 0 Å². The highest BCUT2D eigenvalue weighted by atomic mass is 35.5. The number of hydrogen-bond acceptors (Lipinski definition) is 2. The van der Waals surface area contributed by atoms with Gasteiger partial charge >= 0.3 is 0 Å². The van der Waals surface area contributed by atoms with Gasteiger partial charge in [-0.15, -0.1) is 0 Å². The van der Waals surface area contributed by atoms with Crippen molar-refractivity contribution >= 4 is 23.2 Å². The summed E-state index contributed by atoms with van der Waals surface area (Å²) in [5.74, 6) is 0.732. The van der Waals surface area contributed by atoms with Crippen LogP contribution >= 0.6 is 23.2 Å². The van der Waals surface area contributed by atoms with Gasteiger partial charge in [-0.3, -0.25) is 0 Å². The van der Waals surface area contributed by atoms with E-state index < -0.39 is 6.10 Å². The van der Waals surface area contributed by atoms with Crippen LogP contribution in [-0.2, 0) is 0 Å². The largest absolute Gasteiger partial charge is 0.387 e. The predicted octanol–water partition coefficient (Wildman–Crippen LogP) is 3.56. The third-order valence-electron chi connectivity index (χ3n) is 4.31. The number of benzene rings is 1. The van der Waals surface area contributed by atoms with Crippen LogP contribution in [0.5, 0.6) is 0 Å². The fourth-order valence-electron chi connectivity index (χ4n) is 3.39. The molecule has 2 fully saturated rings. The molecule has 0 amide bonds. The molecular weight excluding hydrogens is 269 g/mol. The van der Waals surface area contributed by atoms with Crippen LogP contribution in [0.2, 0.25) is 10.0 Å². The lowest BCUT2D eigenvalue weighted by molar-refractivity contribution is 0.133. The van der Waals surface area contributed by atoms with Gasteiger partial charge in [-0.1, -0.05) is 35.7 Å². The molecule has 0 aromatic heterocycles. The third-order valence-corrected chi connectivity index (χ3v) is 4.87. The summed E-state index contributed by atoms with van der Waals surface area (Å²) >= 11 is 12.0. The van der Waals surface area contributed by atoms with Gasteiger partial charge in [-0.25, -0.2) is 0 Å². The van der Waals surface area contributed by atoms with Crippen LogP contribution in [0, 0.1) is 5.92 Å². The van der Waals surface area contributed by atoms with E-state index in [1.807, 2.05) is 6.07 Å². The van der Waals surface area contributed by atoms with Crippen LogP contribution in [0.1, 0.15) is 37.4 Å². The number of hydrogen-bond donors (Lipinski definition) is 2. The molecule has 0 unspecified atom stereocenters. The summed E-state index contributed by atoms with van der Waals surface area (Å²) < 4.78 is 0. The first-order valence-electron chi connectivity index (χ1n) is 6.54. The lowest BCUT2D eigenvalue weighted by Crippen LogP contribution is -2.33. The fourth-order valence-corrected chi connectivity index (χ4v) is 3.91. The minimum atomic E-state index is -0.541. The summed E-state index contributed by atoms with van der Waals surface area (Å²) in [5.41, 5.74) is 0.776. The minimum Gasteiger partial charge on any atom is -0.387 e. The number of fused-ring (bicyclic) bond motifs is 1. The maximum atomic E-state index is 10.5. The van der Waals surface area contributed by atoms with Crippen LogP contribution in [-0.4, -0.2) is 17.2 Å². The molecule has 1 aliphatic carbocycles. The lowest BCUT2D eigenvalue weighted by Gasteiger charge is -2.21. The van der Waals surface area contributed by atoms with Crippen LogP contribution in [0.15, 0.2) is 18.2 Å². The summed E-state index contributed by atoms with van der Waals surface area (Å²) in [6, 6.07) is 6.01. The molecule has 98 valence electrons. The average molecular weight is 286 g/mol. The van der Waals surface area contributed by atoms with Gasteiger partial charge in [0.15, 0.2) is 0 Å². The Bertz CT molecular complexity index is 439. The Hall–Kier alpha value is -0.280. The quantitative estimate of drug-likeness (QED) is 0.871. The van der Waals surface area contributed by atoms with Gasteiger partial charge in [0.2, 0.25) is 0 Å². The zero-order valence-corrected chi connectivity index (χ0v) is 11.6. The van der Waals surface area contributed by atoms with Gasteiger partial charge in [0, 0.05) is 27.7 Å². The zero-order chi connectivity index (χ0) is 12.7. The topological polar surface area (TPSA) is 32.3 Å². The Kier molecular flexibility index (Phi) is 3.55. The van der Waals surface area contributed by atoms with Gasteiger partial charge in [0.1, 0.15) is 0 Å². The van der Waals surface area contributed by atoms with E-state index in [1.54, 1.807) is 12.1 Å². The second kappa shape index (κ2) is 5.01. The molecule has 0 radical (unpaired) electrons. The fraction of sp³-hybridized carbons (Fsp3) is 0.571. The molecule has 3 rings (SSSR count). The highest BCUT2D eigenvalue weighted by molar-refractivity contribution is 6.35. The molecular formula is C14H17Cl2NO. The van der Waals surface area contributed by atoms with Crippen molar-refractivity contribution in [2.75, 3.05) is 0 Å². The van der Waals surface area contributed by atoms with Crippen LogP contribution in [0.4, 0.5) is 0 Å². The zero-order valence-electron chi connectivity index (χ0n) is 10.1. The van der Waals surface area contributed by atoms with E-state index in [9.17, 15) is 5.11 Å². The van der Waals surface area contributed by atoms with Gasteiger partial charge in [-0.2, -0.15) is 0 Å². The Morgan fingerprint density at radius 1 is 1.28 bits per heavy atom. The third kappa shape index (κ3) is 2.27. The number of aliphatic hydroxyl groups excluding tert-OH is 1. The molecule has 1 aromatic rings. The highest BCUT2D eigenvalue weighted by Gasteiger charge is 2.40. The van der Waals surface area contributed by atoms with Crippen molar-refractivity contribution < 1.29 is 5.11 Å². The van der Waals surface area contributed by atoms with Crippen molar-refractivity contribution in [2.24, 2.45) is 5.92 Å². The molecule has 2 N–H and O–H groups in total. The number of rotatable bonds is 2. The average Bonchev–Trinajstić information content (AvgIpc) is 2.87. The second-order valence-electron chi connectivity index (χ2n) is 5.42. The summed E-state index contributed by atoms with van der Waals surface area (Å²) in [6.07, 6.45) is 4.34. The Morgan fingerprint density at radius 3 is 2.83 bits per heavy atom. The predicted molar refractivity (Wildman–Crippen MR) is 74.1 cm³/mol. The van der Waals surface area contributed by atoms with Crippen molar-refractivity contribution in [2.45, 2.75) is 43.9 Å². The van der Waals surface area contributed by atoms with E-state index in [-0.39, 0.29) is 6.04 Å². The molecule has 0 spiro atoms. The van der Waals surface area contributed by atoms with Crippen LogP contribution < -0.4 is 5.32 Å². The second-order valence-corrected chi connectivity index (χ2v) is 6.26. The van der Waals surface area contributed by atoms with Gasteiger partial charge in [-0.05, 0) is 37.3 Å². The van der Waals surface area contributed by atoms with Crippen molar-refractivity contribution in [3.63, 3.8) is 0 Å². The molecule has 1 saturated heterocycles. The molecule has 1 saturated carbocycles. The maximum absolute atomic E-state index is 10.5. The van der Waals surface area contributed by atoms with E-state index >= 15 is 0 Å². The standard InChI is InChI=1S/C14H17Cl2NO/c15-9-4-5-10(11(16)7-9)14(18)13-6-8-2-1-3-12(8)17-13/h4-5,7-8,12-14,17-18H,1-3,6H2/t8-,12-,13+,14-/m1/s1. The van der Waals surface area contributed by atoms with Crippen molar-refractivity contribution in [1.82, 2.24) is 5.32 Å². The van der Waals surface area contributed by atoms with E-state index in [1.165, 1.54) is 19.3 Å². The van der Waals surface area contributed by atoms with E-state index in [0.29, 0.717) is 16.1 Å². The molecule has 4 atom stereocenters. The van der Waals surface area contributed by atoms with E-state index in [4.69, 9.17) is 23.2 Å². The van der Waals surface area contributed by atoms with E-state index in [2.05, 4.69) is 5.32 Å². The number of nitrogens with one attached hydrogen (secondary N) is 1. The first-order valence-corrected chi connectivity index (χ1v) is 7.30. The SMILES string of the molecule is O[C@H](c1ccc(Cl)cc1Cl)[C@@H]1C[C@H]2CCC[C@H]2N1. The Balaban J connectivity index is 1.76. The molecule has 18 heavy (non-hydrogen) atoms. The van der Waals surface area contributed by atoms with Crippen LogP contribution in [0.3, 0.4) is 0 Å². The normalized spacial score (nSPS) is 32.5. The number of aliphatic hydroxyl groups is 1. The Morgan fingerprint density at radius 2 is 2.11 bits per heavy atom. The first-order chi connectivity index (χ1) is 8.65. The molecule has 4 heteroatoms. The van der Waals surface area contributed by atoms with Crippen molar-refractivity contribution in [3.05, 3.63) is 33.8 Å². The smallest absolute Gasteiger partial charge is 0.0957 e. The Labute approximate surface area is 117 Å². The lowest BCUT2D eigenvalue weighted by atomic mass is 9.96. The summed E-state index contributed by atoms with van der Waals surface area (Å²) in [6.45, 7) is 0. The summed E-state index contributed by atoms with van der Waals surface area (Å²) in [4.78, 5) is 0. The van der Waals surface area contributed by atoms with E-state index in [0.717, 1.165) is 17.9 Å². The maximum Gasteiger partial charge on any atom is 0.0957 e. The van der Waals surface area contributed by atoms with Crippen molar-refractivity contribution in [1.29, 1.82) is 0 Å². The van der Waals surface area contributed by atoms with Crippen LogP contribution in [0.25, 0.3) is 0 Å². The van der Waals surface area contributed by atoms with Gasteiger partial charge < -0.3 is 10.4 Å². The molecule has 1 aromatic carbocycles.